The smallest absolute Gasteiger partial charge is 0.340 e. The molecule has 0 aliphatic rings. The predicted molar refractivity (Wildman–Crippen MR) is 99.3 cm³/mol. The van der Waals surface area contributed by atoms with Crippen molar-refractivity contribution < 1.29 is 9.53 Å². The van der Waals surface area contributed by atoms with E-state index in [1.165, 1.54) is 0 Å². The molecule has 0 atom stereocenters. The van der Waals surface area contributed by atoms with Crippen molar-refractivity contribution >= 4 is 23.4 Å². The molecular weight excluding hydrogens is 330 g/mol. The molecule has 26 heavy (non-hydrogen) atoms. The molecule has 0 amide bonds. The standard InChI is InChI=1S/C19H19N5O2/c1-2-26-18(25)15-5-3-4-6-16(15)23-17-9-12-21-19(24-17)22-13-14-7-10-20-11-8-14/h3-12H,2,13H2,1H3,(H2,21,22,23,24). The fraction of sp³-hybridized carbons (Fsp3) is 0.158. The van der Waals surface area contributed by atoms with Gasteiger partial charge < -0.3 is 15.4 Å². The maximum Gasteiger partial charge on any atom is 0.340 e. The van der Waals surface area contributed by atoms with Crippen LogP contribution >= 0.6 is 0 Å². The number of para-hydroxylation sites is 1. The van der Waals surface area contributed by atoms with Crippen LogP contribution in [0.1, 0.15) is 22.8 Å². The van der Waals surface area contributed by atoms with Gasteiger partial charge >= 0.3 is 5.97 Å². The molecule has 0 aliphatic heterocycles. The molecule has 0 spiro atoms. The summed E-state index contributed by atoms with van der Waals surface area (Å²) in [6.45, 7) is 2.69. The van der Waals surface area contributed by atoms with E-state index in [2.05, 4.69) is 25.6 Å². The Balaban J connectivity index is 1.72. The Hall–Kier alpha value is -3.48. The number of esters is 1. The summed E-state index contributed by atoms with van der Waals surface area (Å²) < 4.78 is 5.09. The average molecular weight is 349 g/mol. The van der Waals surface area contributed by atoms with Crippen LogP contribution in [0.25, 0.3) is 0 Å². The highest BCUT2D eigenvalue weighted by atomic mass is 16.5. The van der Waals surface area contributed by atoms with Crippen molar-refractivity contribution in [3.05, 3.63) is 72.2 Å². The number of carbonyl (C=O) groups excluding carboxylic acids is 1. The molecule has 2 heterocycles. The lowest BCUT2D eigenvalue weighted by Gasteiger charge is -2.11. The van der Waals surface area contributed by atoms with Crippen LogP contribution in [0.4, 0.5) is 17.5 Å². The SMILES string of the molecule is CCOC(=O)c1ccccc1Nc1ccnc(NCc2ccncc2)n1. The van der Waals surface area contributed by atoms with Gasteiger partial charge in [-0.15, -0.1) is 0 Å². The third-order valence-electron chi connectivity index (χ3n) is 3.54. The Morgan fingerprint density at radius 3 is 2.69 bits per heavy atom. The number of benzene rings is 1. The summed E-state index contributed by atoms with van der Waals surface area (Å²) in [6, 6.07) is 12.7. The third-order valence-corrected chi connectivity index (χ3v) is 3.54. The number of hydrogen-bond donors (Lipinski definition) is 2. The van der Waals surface area contributed by atoms with Crippen molar-refractivity contribution in [1.82, 2.24) is 15.0 Å². The first-order valence-corrected chi connectivity index (χ1v) is 8.25. The van der Waals surface area contributed by atoms with Gasteiger partial charge in [-0.1, -0.05) is 12.1 Å². The Morgan fingerprint density at radius 1 is 1.08 bits per heavy atom. The number of rotatable bonds is 7. The van der Waals surface area contributed by atoms with E-state index in [1.54, 1.807) is 49.8 Å². The Labute approximate surface area is 151 Å². The van der Waals surface area contributed by atoms with Gasteiger partial charge in [0.1, 0.15) is 5.82 Å². The largest absolute Gasteiger partial charge is 0.462 e. The highest BCUT2D eigenvalue weighted by Crippen LogP contribution is 2.21. The molecular formula is C19H19N5O2. The van der Waals surface area contributed by atoms with E-state index in [0.717, 1.165) is 5.56 Å². The van der Waals surface area contributed by atoms with Crippen LogP contribution in [0, 0.1) is 0 Å². The van der Waals surface area contributed by atoms with Crippen LogP contribution in [-0.4, -0.2) is 27.5 Å². The average Bonchev–Trinajstić information content (AvgIpc) is 2.68. The van der Waals surface area contributed by atoms with Crippen LogP contribution in [0.5, 0.6) is 0 Å². The number of pyridine rings is 1. The van der Waals surface area contributed by atoms with E-state index in [4.69, 9.17) is 4.74 Å². The number of nitrogens with one attached hydrogen (secondary N) is 2. The molecule has 3 rings (SSSR count). The van der Waals surface area contributed by atoms with Crippen LogP contribution < -0.4 is 10.6 Å². The van der Waals surface area contributed by atoms with Crippen molar-refractivity contribution in [2.24, 2.45) is 0 Å². The second-order valence-corrected chi connectivity index (χ2v) is 5.37. The zero-order chi connectivity index (χ0) is 18.2. The Kier molecular flexibility index (Phi) is 5.72. The van der Waals surface area contributed by atoms with E-state index >= 15 is 0 Å². The van der Waals surface area contributed by atoms with Gasteiger partial charge in [-0.05, 0) is 42.8 Å². The Bertz CT molecular complexity index is 871. The molecule has 0 unspecified atom stereocenters. The predicted octanol–water partition coefficient (Wildman–Crippen LogP) is 3.40. The van der Waals surface area contributed by atoms with Crippen molar-refractivity contribution in [3.8, 4) is 0 Å². The molecule has 2 aromatic heterocycles. The summed E-state index contributed by atoms with van der Waals surface area (Å²) in [5.74, 6) is 0.690. The topological polar surface area (TPSA) is 89.0 Å². The van der Waals surface area contributed by atoms with Gasteiger partial charge in [0.15, 0.2) is 0 Å². The second-order valence-electron chi connectivity index (χ2n) is 5.37. The monoisotopic (exact) mass is 349 g/mol. The molecule has 0 saturated heterocycles. The molecule has 0 fully saturated rings. The summed E-state index contributed by atoms with van der Waals surface area (Å²) >= 11 is 0. The summed E-state index contributed by atoms with van der Waals surface area (Å²) in [5, 5.41) is 6.31. The minimum atomic E-state index is -0.374. The van der Waals surface area contributed by atoms with Gasteiger partial charge in [-0.2, -0.15) is 4.98 Å². The zero-order valence-corrected chi connectivity index (χ0v) is 14.3. The molecule has 132 valence electrons. The second kappa shape index (κ2) is 8.57. The van der Waals surface area contributed by atoms with Gasteiger partial charge in [0, 0.05) is 25.1 Å². The van der Waals surface area contributed by atoms with E-state index in [9.17, 15) is 4.79 Å². The quantitative estimate of drug-likeness (QED) is 0.632. The summed E-state index contributed by atoms with van der Waals surface area (Å²) in [5.41, 5.74) is 2.17. The number of carbonyl (C=O) groups is 1. The maximum absolute atomic E-state index is 12.1. The van der Waals surface area contributed by atoms with Crippen LogP contribution in [0.2, 0.25) is 0 Å². The molecule has 0 radical (unpaired) electrons. The number of hydrogen-bond acceptors (Lipinski definition) is 7. The maximum atomic E-state index is 12.1. The van der Waals surface area contributed by atoms with Crippen molar-refractivity contribution in [2.75, 3.05) is 17.2 Å². The fourth-order valence-corrected chi connectivity index (χ4v) is 2.31. The number of anilines is 3. The van der Waals surface area contributed by atoms with Gasteiger partial charge in [0.2, 0.25) is 5.95 Å². The highest BCUT2D eigenvalue weighted by Gasteiger charge is 2.12. The lowest BCUT2D eigenvalue weighted by atomic mass is 10.2. The lowest BCUT2D eigenvalue weighted by molar-refractivity contribution is 0.0527. The van der Waals surface area contributed by atoms with Crippen molar-refractivity contribution in [2.45, 2.75) is 13.5 Å². The van der Waals surface area contributed by atoms with E-state index in [-0.39, 0.29) is 5.97 Å². The molecule has 2 N–H and O–H groups in total. The van der Waals surface area contributed by atoms with Crippen LogP contribution in [-0.2, 0) is 11.3 Å². The fourth-order valence-electron chi connectivity index (χ4n) is 2.31. The summed E-state index contributed by atoms with van der Waals surface area (Å²) in [4.78, 5) is 24.7. The first-order chi connectivity index (χ1) is 12.8. The summed E-state index contributed by atoms with van der Waals surface area (Å²) in [7, 11) is 0. The molecule has 3 aromatic rings. The highest BCUT2D eigenvalue weighted by molar-refractivity contribution is 5.96. The lowest BCUT2D eigenvalue weighted by Crippen LogP contribution is -2.09. The molecule has 0 saturated carbocycles. The molecule has 1 aromatic carbocycles. The van der Waals surface area contributed by atoms with Gasteiger partial charge in [-0.25, -0.2) is 9.78 Å². The first kappa shape index (κ1) is 17.3. The van der Waals surface area contributed by atoms with Gasteiger partial charge in [-0.3, -0.25) is 4.98 Å². The normalized spacial score (nSPS) is 10.2. The van der Waals surface area contributed by atoms with E-state index in [0.29, 0.717) is 36.2 Å². The molecule has 7 heteroatoms. The van der Waals surface area contributed by atoms with Crippen molar-refractivity contribution in [3.63, 3.8) is 0 Å². The van der Waals surface area contributed by atoms with Gasteiger partial charge in [0.25, 0.3) is 0 Å². The molecule has 0 bridgehead atoms. The van der Waals surface area contributed by atoms with Crippen LogP contribution in [0.3, 0.4) is 0 Å². The van der Waals surface area contributed by atoms with Crippen molar-refractivity contribution in [1.29, 1.82) is 0 Å². The van der Waals surface area contributed by atoms with E-state index in [1.807, 2.05) is 18.2 Å². The molecule has 0 aliphatic carbocycles. The minimum absolute atomic E-state index is 0.323. The number of nitrogens with zero attached hydrogens (tertiary/aromatic N) is 3. The van der Waals surface area contributed by atoms with Gasteiger partial charge in [0.05, 0.1) is 17.9 Å². The first-order valence-electron chi connectivity index (χ1n) is 8.25. The van der Waals surface area contributed by atoms with Crippen LogP contribution in [0.15, 0.2) is 61.1 Å². The summed E-state index contributed by atoms with van der Waals surface area (Å²) in [6.07, 6.45) is 5.13. The number of aromatic nitrogens is 3. The Morgan fingerprint density at radius 2 is 1.88 bits per heavy atom. The minimum Gasteiger partial charge on any atom is -0.462 e. The third kappa shape index (κ3) is 4.54. The molecule has 7 nitrogen and oxygen atoms in total. The zero-order valence-electron chi connectivity index (χ0n) is 14.3. The number of ether oxygens (including phenoxy) is 1. The van der Waals surface area contributed by atoms with E-state index < -0.39 is 0 Å².